The molecule has 2 heterocycles. The van der Waals surface area contributed by atoms with Gasteiger partial charge in [0.25, 0.3) is 0 Å². The van der Waals surface area contributed by atoms with Gasteiger partial charge in [0.15, 0.2) is 0 Å². The Morgan fingerprint density at radius 1 is 1.24 bits per heavy atom. The van der Waals surface area contributed by atoms with Crippen LogP contribution in [0.25, 0.3) is 5.32 Å². The van der Waals surface area contributed by atoms with Gasteiger partial charge in [-0.1, -0.05) is 19.9 Å². The van der Waals surface area contributed by atoms with E-state index in [1.54, 1.807) is 30.7 Å². The van der Waals surface area contributed by atoms with E-state index in [0.717, 1.165) is 12.8 Å². The van der Waals surface area contributed by atoms with Crippen LogP contribution in [0.1, 0.15) is 26.7 Å². The number of piperidine rings is 1. The van der Waals surface area contributed by atoms with Gasteiger partial charge in [0, 0.05) is 47.6 Å². The zero-order chi connectivity index (χ0) is 18.0. The zero-order valence-corrected chi connectivity index (χ0v) is 16.7. The number of aliphatic carboxylic acids is 1. The molecule has 0 radical (unpaired) electrons. The number of carbonyl (C=O) groups excluding carboxylic acids is 2. The van der Waals surface area contributed by atoms with Crippen molar-refractivity contribution in [2.75, 3.05) is 33.7 Å². The molecule has 0 aliphatic carbocycles. The number of urea groups is 1. The minimum atomic E-state index is -1.01. The number of rotatable bonds is 5. The summed E-state index contributed by atoms with van der Waals surface area (Å²) in [5.74, 6) is -1.16. The number of hydrogen-bond acceptors (Lipinski definition) is 3. The molecule has 2 saturated heterocycles. The first-order chi connectivity index (χ1) is 11.2. The molecule has 3 atom stereocenters. The fourth-order valence-electron chi connectivity index (χ4n) is 3.31. The number of carbonyl (C=O) groups is 3. The van der Waals surface area contributed by atoms with Crippen molar-refractivity contribution in [1.29, 1.82) is 0 Å². The Balaban J connectivity index is 0.00000312. The van der Waals surface area contributed by atoms with E-state index in [0.29, 0.717) is 19.6 Å². The number of nitrogens with zero attached hydrogens (tertiary/aromatic N) is 4. The summed E-state index contributed by atoms with van der Waals surface area (Å²) in [6, 6.07) is -1.49. The molecule has 0 aromatic carbocycles. The van der Waals surface area contributed by atoms with E-state index in [-0.39, 0.29) is 50.4 Å². The monoisotopic (exact) mass is 445 g/mol. The maximum atomic E-state index is 12.7. The molecule has 146 valence electrons. The third-order valence-corrected chi connectivity index (χ3v) is 4.81. The van der Waals surface area contributed by atoms with E-state index in [4.69, 9.17) is 0 Å². The molecule has 2 aliphatic rings. The van der Waals surface area contributed by atoms with Crippen molar-refractivity contribution in [3.8, 4) is 0 Å². The molecule has 0 bridgehead atoms. The van der Waals surface area contributed by atoms with Crippen molar-refractivity contribution in [3.05, 3.63) is 5.32 Å². The maximum Gasteiger partial charge on any atom is 0.326 e. The summed E-state index contributed by atoms with van der Waals surface area (Å²) in [6.07, 6.45) is 1.64. The van der Waals surface area contributed by atoms with E-state index in [1.807, 2.05) is 0 Å². The van der Waals surface area contributed by atoms with Gasteiger partial charge in [-0.05, 0) is 18.8 Å². The van der Waals surface area contributed by atoms with Gasteiger partial charge in [0.05, 0.1) is 6.04 Å². The topological polar surface area (TPSA) is 95.3 Å². The van der Waals surface area contributed by atoms with Crippen LogP contribution in [-0.2, 0) is 30.0 Å². The molecular formula is C16H27N4O4Pd-. The minimum absolute atomic E-state index is 0. The predicted molar refractivity (Wildman–Crippen MR) is 88.8 cm³/mol. The molecule has 2 fully saturated rings. The average Bonchev–Trinajstić information content (AvgIpc) is 3.37. The van der Waals surface area contributed by atoms with E-state index < -0.39 is 12.0 Å². The average molecular weight is 446 g/mol. The van der Waals surface area contributed by atoms with E-state index in [1.165, 1.54) is 11.9 Å². The van der Waals surface area contributed by atoms with Gasteiger partial charge in [-0.15, -0.1) is 0 Å². The van der Waals surface area contributed by atoms with Crippen LogP contribution in [0.2, 0.25) is 0 Å². The van der Waals surface area contributed by atoms with Crippen LogP contribution in [0.3, 0.4) is 0 Å². The molecule has 2 rings (SSSR count). The van der Waals surface area contributed by atoms with Crippen LogP contribution in [0, 0.1) is 5.92 Å². The van der Waals surface area contributed by atoms with Crippen LogP contribution < -0.4 is 0 Å². The zero-order valence-electron chi connectivity index (χ0n) is 15.1. The van der Waals surface area contributed by atoms with Crippen molar-refractivity contribution < 1.29 is 39.9 Å². The SMILES string of the molecule is CC(C)C(C(=O)O)N(C)C(=O)N(C)C1CCCN(C(=O)C2C[N-]2)C1.[Pd]. The number of amides is 3. The van der Waals surface area contributed by atoms with Gasteiger partial charge in [-0.25, -0.2) is 9.59 Å². The summed E-state index contributed by atoms with van der Waals surface area (Å²) in [4.78, 5) is 40.9. The number of likely N-dealkylation sites (tertiary alicyclic amines) is 1. The van der Waals surface area contributed by atoms with E-state index in [9.17, 15) is 19.5 Å². The van der Waals surface area contributed by atoms with Gasteiger partial charge in [-0.2, -0.15) is 6.54 Å². The van der Waals surface area contributed by atoms with Crippen LogP contribution in [0.4, 0.5) is 4.79 Å². The van der Waals surface area contributed by atoms with E-state index >= 15 is 0 Å². The Kier molecular flexibility index (Phi) is 7.85. The summed E-state index contributed by atoms with van der Waals surface area (Å²) in [5.41, 5.74) is 0. The van der Waals surface area contributed by atoms with Gasteiger partial charge in [0.1, 0.15) is 6.04 Å². The molecule has 3 unspecified atom stereocenters. The van der Waals surface area contributed by atoms with Crippen LogP contribution >= 0.6 is 0 Å². The standard InChI is InChI=1S/C16H27N4O4.Pd/c1-10(2)13(15(22)23)19(4)16(24)18(3)11-6-5-7-20(9-11)14(21)12-8-17-12;/h10-13H,5-9H2,1-4H3,(H,22,23);/q-1;. The van der Waals surface area contributed by atoms with E-state index in [2.05, 4.69) is 5.32 Å². The van der Waals surface area contributed by atoms with Crippen molar-refractivity contribution >= 4 is 17.9 Å². The van der Waals surface area contributed by atoms with Gasteiger partial charge in [0.2, 0.25) is 5.91 Å². The molecule has 0 saturated carbocycles. The van der Waals surface area contributed by atoms with Crippen molar-refractivity contribution in [2.45, 2.75) is 44.8 Å². The summed E-state index contributed by atoms with van der Waals surface area (Å²) in [7, 11) is 3.20. The minimum Gasteiger partial charge on any atom is -0.654 e. The van der Waals surface area contributed by atoms with Gasteiger partial charge < -0.3 is 25.1 Å². The smallest absolute Gasteiger partial charge is 0.326 e. The number of likely N-dealkylation sites (N-methyl/N-ethyl adjacent to an activating group) is 2. The molecule has 9 heteroatoms. The molecule has 0 aromatic rings. The largest absolute Gasteiger partial charge is 0.654 e. The Morgan fingerprint density at radius 3 is 2.32 bits per heavy atom. The third kappa shape index (κ3) is 5.16. The molecule has 8 nitrogen and oxygen atoms in total. The van der Waals surface area contributed by atoms with Crippen molar-refractivity contribution in [1.82, 2.24) is 14.7 Å². The molecule has 1 N–H and O–H groups in total. The van der Waals surface area contributed by atoms with Crippen LogP contribution in [0.15, 0.2) is 0 Å². The fraction of sp³-hybridized carbons (Fsp3) is 0.812. The molecule has 3 amide bonds. The Labute approximate surface area is 162 Å². The van der Waals surface area contributed by atoms with Crippen LogP contribution in [-0.4, -0.2) is 89.6 Å². The predicted octanol–water partition coefficient (Wildman–Crippen LogP) is 0.824. The first-order valence-corrected chi connectivity index (χ1v) is 8.41. The normalized spacial score (nSPS) is 23.5. The summed E-state index contributed by atoms with van der Waals surface area (Å²) >= 11 is 0. The van der Waals surface area contributed by atoms with Gasteiger partial charge in [-0.3, -0.25) is 4.79 Å². The quantitative estimate of drug-likeness (QED) is 0.501. The molecule has 0 aromatic heterocycles. The second-order valence-electron chi connectivity index (χ2n) is 6.99. The molecule has 25 heavy (non-hydrogen) atoms. The molecule has 0 spiro atoms. The fourth-order valence-corrected chi connectivity index (χ4v) is 3.31. The Bertz CT molecular complexity index is 512. The Hall–Kier alpha value is -1.17. The first kappa shape index (κ1) is 21.9. The van der Waals surface area contributed by atoms with Gasteiger partial charge >= 0.3 is 12.0 Å². The summed E-state index contributed by atoms with van der Waals surface area (Å²) in [6.45, 7) is 5.35. The Morgan fingerprint density at radius 2 is 1.84 bits per heavy atom. The van der Waals surface area contributed by atoms with Crippen LogP contribution in [0.5, 0.6) is 0 Å². The summed E-state index contributed by atoms with van der Waals surface area (Å²) < 4.78 is 0. The first-order valence-electron chi connectivity index (χ1n) is 8.41. The molecule has 2 aliphatic heterocycles. The summed E-state index contributed by atoms with van der Waals surface area (Å²) in [5, 5.41) is 13.4. The maximum absolute atomic E-state index is 12.7. The third-order valence-electron chi connectivity index (χ3n) is 4.81. The number of carboxylic acids is 1. The van der Waals surface area contributed by atoms with Crippen molar-refractivity contribution in [2.24, 2.45) is 5.92 Å². The molecular weight excluding hydrogens is 419 g/mol. The second-order valence-corrected chi connectivity index (χ2v) is 6.99. The number of carboxylic acid groups (broad SMARTS) is 1. The number of hydrogen-bond donors (Lipinski definition) is 1. The van der Waals surface area contributed by atoms with Crippen molar-refractivity contribution in [3.63, 3.8) is 0 Å². The second kappa shape index (κ2) is 8.97.